The Morgan fingerprint density at radius 1 is 1.03 bits per heavy atom. The van der Waals surface area contributed by atoms with Crippen LogP contribution in [0, 0.1) is 0 Å². The molecule has 5 aromatic rings. The number of hydrogen-bond acceptors (Lipinski definition) is 4. The molecule has 0 unspecified atom stereocenters. The number of amides is 1. The van der Waals surface area contributed by atoms with E-state index < -0.39 is 0 Å². The number of H-pyrrole nitrogens is 2. The molecule has 1 aliphatic heterocycles. The molecule has 3 aromatic heterocycles. The van der Waals surface area contributed by atoms with Crippen molar-refractivity contribution in [2.75, 3.05) is 7.05 Å². The second kappa shape index (κ2) is 6.72. The average molecular weight is 406 g/mol. The minimum atomic E-state index is -0.249. The Morgan fingerprint density at radius 2 is 1.94 bits per heavy atom. The summed E-state index contributed by atoms with van der Waals surface area (Å²) in [6.45, 7) is 0.718. The lowest BCUT2D eigenvalue weighted by molar-refractivity contribution is 0.101. The number of aromatic nitrogens is 4. The van der Waals surface area contributed by atoms with Gasteiger partial charge in [-0.2, -0.15) is 0 Å². The van der Waals surface area contributed by atoms with Crippen molar-refractivity contribution in [3.05, 3.63) is 71.5 Å². The van der Waals surface area contributed by atoms with Crippen LogP contribution >= 0.6 is 0 Å². The molecule has 150 valence electrons. The third kappa shape index (κ3) is 2.64. The molecule has 6 rings (SSSR count). The van der Waals surface area contributed by atoms with E-state index in [4.69, 9.17) is 4.98 Å². The molecular formula is C24H18N6O. The first kappa shape index (κ1) is 17.7. The summed E-state index contributed by atoms with van der Waals surface area (Å²) in [6.07, 6.45) is 5.33. The van der Waals surface area contributed by atoms with E-state index >= 15 is 0 Å². The number of rotatable bonds is 4. The summed E-state index contributed by atoms with van der Waals surface area (Å²) < 4.78 is 0. The van der Waals surface area contributed by atoms with Gasteiger partial charge < -0.3 is 15.3 Å². The van der Waals surface area contributed by atoms with Crippen LogP contribution in [0.1, 0.15) is 21.5 Å². The first-order valence-corrected chi connectivity index (χ1v) is 10.0. The molecular weight excluding hydrogens is 388 g/mol. The Bertz CT molecular complexity index is 1520. The summed E-state index contributed by atoms with van der Waals surface area (Å²) in [5.41, 5.74) is 7.83. The predicted molar refractivity (Wildman–Crippen MR) is 121 cm³/mol. The third-order valence-corrected chi connectivity index (χ3v) is 5.73. The van der Waals surface area contributed by atoms with Gasteiger partial charge >= 0.3 is 0 Å². The lowest BCUT2D eigenvalue weighted by Gasteiger charge is -2.09. The average Bonchev–Trinajstić information content (AvgIpc) is 3.51. The Labute approximate surface area is 177 Å². The number of nitrogens with zero attached hydrogens (tertiary/aromatic N) is 3. The van der Waals surface area contributed by atoms with Crippen molar-refractivity contribution in [1.82, 2.24) is 25.3 Å². The number of benzene rings is 2. The van der Waals surface area contributed by atoms with Gasteiger partial charge in [0.2, 0.25) is 0 Å². The number of nitrogens with one attached hydrogen (secondary N) is 3. The third-order valence-electron chi connectivity index (χ3n) is 5.73. The number of pyridine rings is 1. The van der Waals surface area contributed by atoms with E-state index in [1.807, 2.05) is 49.6 Å². The van der Waals surface area contributed by atoms with Crippen LogP contribution in [0.4, 0.5) is 0 Å². The number of aromatic amines is 2. The highest BCUT2D eigenvalue weighted by Gasteiger charge is 2.26. The van der Waals surface area contributed by atoms with Crippen molar-refractivity contribution in [2.45, 2.75) is 6.54 Å². The smallest absolute Gasteiger partial charge is 0.278 e. The van der Waals surface area contributed by atoms with E-state index in [1.54, 1.807) is 12.4 Å². The fraction of sp³-hybridized carbons (Fsp3) is 0.0833. The standard InChI is InChI=1S/C24H18N6O/c1-25-10-13-4-2-6-19-21(13)30-23(29-19)16-8-7-14(18-12-28-24(31)20(16)18)17-11-27-22-15(17)5-3-9-26-22/h2-9,11-12,25H,10H2,1H3,(H,26,27)(H,29,30). The van der Waals surface area contributed by atoms with E-state index in [1.165, 1.54) is 0 Å². The summed E-state index contributed by atoms with van der Waals surface area (Å²) in [5, 5.41) is 4.18. The number of imidazole rings is 1. The Morgan fingerprint density at radius 3 is 2.84 bits per heavy atom. The molecule has 1 amide bonds. The van der Waals surface area contributed by atoms with Crippen LogP contribution in [0.15, 0.2) is 59.9 Å². The molecule has 0 aliphatic carbocycles. The SMILES string of the molecule is CNCc1cccc2[nH]c(-c3ccc(-c4c[nH]c5ncccc45)c4c3C(=O)N=C4)nc12. The van der Waals surface area contributed by atoms with Crippen molar-refractivity contribution < 1.29 is 4.79 Å². The number of para-hydroxylation sites is 1. The molecule has 7 nitrogen and oxygen atoms in total. The number of hydrogen-bond donors (Lipinski definition) is 3. The topological polar surface area (TPSA) is 98.8 Å². The zero-order valence-corrected chi connectivity index (χ0v) is 16.7. The molecule has 3 N–H and O–H groups in total. The quantitative estimate of drug-likeness (QED) is 0.419. The molecule has 0 fully saturated rings. The summed E-state index contributed by atoms with van der Waals surface area (Å²) in [7, 11) is 1.91. The van der Waals surface area contributed by atoms with Gasteiger partial charge in [-0.1, -0.05) is 18.2 Å². The van der Waals surface area contributed by atoms with Crippen LogP contribution in [-0.4, -0.2) is 39.1 Å². The Kier molecular flexibility index (Phi) is 3.84. The van der Waals surface area contributed by atoms with E-state index in [0.29, 0.717) is 11.4 Å². The van der Waals surface area contributed by atoms with E-state index in [2.05, 4.69) is 31.3 Å². The predicted octanol–water partition coefficient (Wildman–Crippen LogP) is 4.07. The van der Waals surface area contributed by atoms with Crippen LogP contribution in [-0.2, 0) is 6.54 Å². The van der Waals surface area contributed by atoms with Gasteiger partial charge in [-0.05, 0) is 42.4 Å². The van der Waals surface area contributed by atoms with E-state index in [9.17, 15) is 4.79 Å². The molecule has 0 bridgehead atoms. The molecule has 7 heteroatoms. The van der Waals surface area contributed by atoms with Gasteiger partial charge in [0.15, 0.2) is 0 Å². The summed E-state index contributed by atoms with van der Waals surface area (Å²) >= 11 is 0. The van der Waals surface area contributed by atoms with Gasteiger partial charge in [0.1, 0.15) is 11.5 Å². The molecule has 4 heterocycles. The maximum atomic E-state index is 12.8. The maximum absolute atomic E-state index is 12.8. The van der Waals surface area contributed by atoms with Crippen molar-refractivity contribution in [3.63, 3.8) is 0 Å². The fourth-order valence-corrected chi connectivity index (χ4v) is 4.33. The Hall–Kier alpha value is -4.10. The molecule has 0 saturated carbocycles. The number of fused-ring (bicyclic) bond motifs is 3. The molecule has 0 radical (unpaired) electrons. The van der Waals surface area contributed by atoms with Crippen LogP contribution in [0.5, 0.6) is 0 Å². The summed E-state index contributed by atoms with van der Waals surface area (Å²) in [6, 6.07) is 14.0. The second-order valence-electron chi connectivity index (χ2n) is 7.54. The van der Waals surface area contributed by atoms with Crippen LogP contribution in [0.25, 0.3) is 44.6 Å². The van der Waals surface area contributed by atoms with E-state index in [-0.39, 0.29) is 5.91 Å². The van der Waals surface area contributed by atoms with Crippen LogP contribution in [0.3, 0.4) is 0 Å². The first-order chi connectivity index (χ1) is 15.2. The molecule has 1 aliphatic rings. The second-order valence-corrected chi connectivity index (χ2v) is 7.54. The largest absolute Gasteiger partial charge is 0.346 e. The molecule has 0 spiro atoms. The first-order valence-electron chi connectivity index (χ1n) is 10.0. The van der Waals surface area contributed by atoms with Gasteiger partial charge in [0, 0.05) is 47.2 Å². The molecule has 0 saturated heterocycles. The van der Waals surface area contributed by atoms with Gasteiger partial charge in [-0.3, -0.25) is 4.79 Å². The maximum Gasteiger partial charge on any atom is 0.278 e. The van der Waals surface area contributed by atoms with Crippen LogP contribution in [0.2, 0.25) is 0 Å². The lowest BCUT2D eigenvalue weighted by atomic mass is 9.93. The Balaban J connectivity index is 1.56. The molecule has 0 atom stereocenters. The fourth-order valence-electron chi connectivity index (χ4n) is 4.33. The van der Waals surface area contributed by atoms with Crippen molar-refractivity contribution >= 4 is 34.2 Å². The normalized spacial score (nSPS) is 12.9. The van der Waals surface area contributed by atoms with E-state index in [0.717, 1.165) is 56.4 Å². The zero-order chi connectivity index (χ0) is 20.9. The van der Waals surface area contributed by atoms with Crippen molar-refractivity contribution in [3.8, 4) is 22.5 Å². The highest BCUT2D eigenvalue weighted by atomic mass is 16.1. The van der Waals surface area contributed by atoms with Crippen LogP contribution < -0.4 is 5.32 Å². The van der Waals surface area contributed by atoms with Gasteiger partial charge in [-0.15, -0.1) is 0 Å². The highest BCUT2D eigenvalue weighted by Crippen LogP contribution is 2.37. The zero-order valence-electron chi connectivity index (χ0n) is 16.7. The summed E-state index contributed by atoms with van der Waals surface area (Å²) in [4.78, 5) is 32.7. The molecule has 31 heavy (non-hydrogen) atoms. The van der Waals surface area contributed by atoms with Gasteiger partial charge in [0.25, 0.3) is 5.91 Å². The minimum absolute atomic E-state index is 0.249. The number of aliphatic imine (C=N–C) groups is 1. The van der Waals surface area contributed by atoms with Crippen molar-refractivity contribution in [2.24, 2.45) is 4.99 Å². The van der Waals surface area contributed by atoms with Gasteiger partial charge in [0.05, 0.1) is 16.6 Å². The van der Waals surface area contributed by atoms with Gasteiger partial charge in [-0.25, -0.2) is 15.0 Å². The highest BCUT2D eigenvalue weighted by molar-refractivity contribution is 6.20. The number of carbonyl (C=O) groups excluding carboxylic acids is 1. The van der Waals surface area contributed by atoms with Crippen molar-refractivity contribution in [1.29, 1.82) is 0 Å². The summed E-state index contributed by atoms with van der Waals surface area (Å²) in [5.74, 6) is 0.418. The minimum Gasteiger partial charge on any atom is -0.346 e. The lowest BCUT2D eigenvalue weighted by Crippen LogP contribution is -2.05. The molecule has 2 aromatic carbocycles. The monoisotopic (exact) mass is 406 g/mol. The number of carbonyl (C=O) groups is 1.